The van der Waals surface area contributed by atoms with Crippen molar-refractivity contribution in [3.63, 3.8) is 0 Å². The van der Waals surface area contributed by atoms with Crippen LogP contribution in [0.1, 0.15) is 11.1 Å². The molecule has 1 N–H and O–H groups in total. The van der Waals surface area contributed by atoms with E-state index in [0.29, 0.717) is 19.8 Å². The normalized spacial score (nSPS) is 21.9. The van der Waals surface area contributed by atoms with Crippen molar-refractivity contribution in [1.82, 2.24) is 10.2 Å². The summed E-state index contributed by atoms with van der Waals surface area (Å²) in [6.07, 6.45) is 3.82. The summed E-state index contributed by atoms with van der Waals surface area (Å²) in [6.45, 7) is 2.63. The van der Waals surface area contributed by atoms with E-state index in [4.69, 9.17) is 14.2 Å². The number of rotatable bonds is 1. The number of nitrogens with one attached hydrogen (secondary N) is 1. The van der Waals surface area contributed by atoms with Crippen LogP contribution in [-0.2, 0) is 5.41 Å². The van der Waals surface area contributed by atoms with Gasteiger partial charge in [-0.1, -0.05) is 12.1 Å². The Balaban J connectivity index is 1.61. The third-order valence-corrected chi connectivity index (χ3v) is 5.88. The molecule has 6 rings (SSSR count). The fraction of sp³-hybridized carbons (Fsp3) is 0.286. The van der Waals surface area contributed by atoms with Crippen LogP contribution in [0.3, 0.4) is 0 Å². The predicted octanol–water partition coefficient (Wildman–Crippen LogP) is 2.98. The van der Waals surface area contributed by atoms with Crippen LogP contribution >= 0.6 is 0 Å². The Morgan fingerprint density at radius 3 is 2.74 bits per heavy atom. The van der Waals surface area contributed by atoms with Crippen LogP contribution in [0.25, 0.3) is 11.1 Å². The number of anilines is 1. The third kappa shape index (κ3) is 1.92. The molecule has 136 valence electrons. The first kappa shape index (κ1) is 15.0. The second kappa shape index (κ2) is 5.19. The van der Waals surface area contributed by atoms with Crippen LogP contribution in [0.2, 0.25) is 0 Å². The smallest absolute Gasteiger partial charge is 0.165 e. The minimum absolute atomic E-state index is 0.233. The van der Waals surface area contributed by atoms with Crippen LogP contribution < -0.4 is 19.1 Å². The molecule has 1 unspecified atom stereocenters. The summed E-state index contributed by atoms with van der Waals surface area (Å²) < 4.78 is 17.8. The number of H-pyrrole nitrogens is 1. The molecule has 0 saturated heterocycles. The van der Waals surface area contributed by atoms with Crippen molar-refractivity contribution in [3.8, 4) is 28.4 Å². The van der Waals surface area contributed by atoms with Gasteiger partial charge in [0.05, 0.1) is 11.6 Å². The minimum Gasteiger partial charge on any atom is -0.492 e. The highest BCUT2D eigenvalue weighted by atomic mass is 16.6. The molecular weight excluding hydrogens is 342 g/mol. The quantitative estimate of drug-likeness (QED) is 0.722. The van der Waals surface area contributed by atoms with E-state index in [1.54, 1.807) is 0 Å². The molecule has 0 amide bonds. The Bertz CT molecular complexity index is 1050. The average molecular weight is 361 g/mol. The lowest BCUT2D eigenvalue weighted by atomic mass is 9.75. The first-order valence-corrected chi connectivity index (χ1v) is 9.17. The molecule has 0 saturated carbocycles. The van der Waals surface area contributed by atoms with Gasteiger partial charge in [-0.05, 0) is 23.3 Å². The summed E-state index contributed by atoms with van der Waals surface area (Å²) in [5.41, 5.74) is 5.76. The Labute approximate surface area is 156 Å². The molecule has 3 aliphatic rings. The van der Waals surface area contributed by atoms with Gasteiger partial charge in [-0.25, -0.2) is 0 Å². The lowest BCUT2D eigenvalue weighted by Crippen LogP contribution is -2.35. The third-order valence-electron chi connectivity index (χ3n) is 5.88. The highest BCUT2D eigenvalue weighted by Crippen LogP contribution is 2.56. The molecule has 1 aromatic heterocycles. The molecule has 0 bridgehead atoms. The van der Waals surface area contributed by atoms with Crippen molar-refractivity contribution in [2.45, 2.75) is 5.41 Å². The van der Waals surface area contributed by atoms with Crippen LogP contribution in [-0.4, -0.2) is 43.6 Å². The van der Waals surface area contributed by atoms with E-state index in [1.807, 2.05) is 18.5 Å². The number of nitrogens with zero attached hydrogens (tertiary/aromatic N) is 2. The lowest BCUT2D eigenvalue weighted by Gasteiger charge is -2.26. The van der Waals surface area contributed by atoms with Gasteiger partial charge < -0.3 is 19.1 Å². The SMILES string of the molecule is CN1CC2(COc3cc4c(cc32)OCCO4)c2c(-c3cn[nH]c3)cccc21. The van der Waals surface area contributed by atoms with Gasteiger partial charge >= 0.3 is 0 Å². The van der Waals surface area contributed by atoms with Crippen molar-refractivity contribution in [2.24, 2.45) is 0 Å². The fourth-order valence-corrected chi connectivity index (χ4v) is 4.75. The summed E-state index contributed by atoms with van der Waals surface area (Å²) >= 11 is 0. The molecule has 4 heterocycles. The van der Waals surface area contributed by atoms with E-state index in [1.165, 1.54) is 22.4 Å². The van der Waals surface area contributed by atoms with E-state index < -0.39 is 0 Å². The van der Waals surface area contributed by atoms with Gasteiger partial charge in [-0.2, -0.15) is 5.10 Å². The minimum atomic E-state index is -0.233. The van der Waals surface area contributed by atoms with Gasteiger partial charge in [0.1, 0.15) is 25.6 Å². The second-order valence-corrected chi connectivity index (χ2v) is 7.41. The molecule has 27 heavy (non-hydrogen) atoms. The maximum absolute atomic E-state index is 6.19. The molecule has 0 aliphatic carbocycles. The van der Waals surface area contributed by atoms with Gasteiger partial charge in [0, 0.05) is 42.7 Å². The van der Waals surface area contributed by atoms with Gasteiger partial charge in [0.2, 0.25) is 0 Å². The molecule has 3 aromatic rings. The summed E-state index contributed by atoms with van der Waals surface area (Å²) in [5, 5.41) is 7.09. The van der Waals surface area contributed by atoms with Crippen molar-refractivity contribution < 1.29 is 14.2 Å². The Kier molecular flexibility index (Phi) is 2.88. The number of hydrogen-bond donors (Lipinski definition) is 1. The molecule has 3 aliphatic heterocycles. The number of aromatic amines is 1. The van der Waals surface area contributed by atoms with E-state index in [-0.39, 0.29) is 5.41 Å². The first-order chi connectivity index (χ1) is 13.3. The number of benzene rings is 2. The Hall–Kier alpha value is -3.15. The topological polar surface area (TPSA) is 59.6 Å². The predicted molar refractivity (Wildman–Crippen MR) is 101 cm³/mol. The summed E-state index contributed by atoms with van der Waals surface area (Å²) in [7, 11) is 2.14. The van der Waals surface area contributed by atoms with Crippen molar-refractivity contribution >= 4 is 5.69 Å². The van der Waals surface area contributed by atoms with Crippen molar-refractivity contribution in [1.29, 1.82) is 0 Å². The van der Waals surface area contributed by atoms with Crippen molar-refractivity contribution in [2.75, 3.05) is 38.3 Å². The zero-order valence-electron chi connectivity index (χ0n) is 15.0. The van der Waals surface area contributed by atoms with Gasteiger partial charge in [0.25, 0.3) is 0 Å². The molecule has 6 nitrogen and oxygen atoms in total. The van der Waals surface area contributed by atoms with Crippen LogP contribution in [0.5, 0.6) is 17.2 Å². The summed E-state index contributed by atoms with van der Waals surface area (Å²) in [5.74, 6) is 2.47. The molecule has 1 spiro atoms. The standard InChI is InChI=1S/C21H19N3O3/c1-24-11-21(20-14(3-2-4-16(20)24)13-9-22-23-10-13)12-27-17-8-19-18(7-15(17)21)25-5-6-26-19/h2-4,7-10H,5-6,11-12H2,1H3,(H,22,23). The fourth-order valence-electron chi connectivity index (χ4n) is 4.75. The zero-order chi connectivity index (χ0) is 18.0. The van der Waals surface area contributed by atoms with E-state index in [2.05, 4.69) is 46.4 Å². The lowest BCUT2D eigenvalue weighted by molar-refractivity contribution is 0.171. The highest BCUT2D eigenvalue weighted by Gasteiger charge is 2.51. The largest absolute Gasteiger partial charge is 0.492 e. The van der Waals surface area contributed by atoms with Gasteiger partial charge in [-0.15, -0.1) is 0 Å². The summed E-state index contributed by atoms with van der Waals surface area (Å²) in [4.78, 5) is 2.31. The van der Waals surface area contributed by atoms with E-state index in [9.17, 15) is 0 Å². The molecule has 2 aromatic carbocycles. The zero-order valence-corrected chi connectivity index (χ0v) is 15.0. The molecule has 0 radical (unpaired) electrons. The highest BCUT2D eigenvalue weighted by molar-refractivity contribution is 5.82. The Morgan fingerprint density at radius 2 is 1.93 bits per heavy atom. The second-order valence-electron chi connectivity index (χ2n) is 7.41. The number of aromatic nitrogens is 2. The van der Waals surface area contributed by atoms with E-state index in [0.717, 1.165) is 29.4 Å². The van der Waals surface area contributed by atoms with Crippen molar-refractivity contribution in [3.05, 3.63) is 53.9 Å². The number of likely N-dealkylation sites (N-methyl/N-ethyl adjacent to an activating group) is 1. The van der Waals surface area contributed by atoms with Crippen LogP contribution in [0, 0.1) is 0 Å². The monoisotopic (exact) mass is 361 g/mol. The average Bonchev–Trinajstić information content (AvgIpc) is 3.41. The van der Waals surface area contributed by atoms with Gasteiger partial charge in [-0.3, -0.25) is 5.10 Å². The Morgan fingerprint density at radius 1 is 1.07 bits per heavy atom. The maximum Gasteiger partial charge on any atom is 0.165 e. The van der Waals surface area contributed by atoms with Crippen LogP contribution in [0.4, 0.5) is 5.69 Å². The molecule has 1 atom stereocenters. The number of ether oxygens (including phenoxy) is 3. The molecule has 0 fully saturated rings. The van der Waals surface area contributed by atoms with Crippen LogP contribution in [0.15, 0.2) is 42.7 Å². The first-order valence-electron chi connectivity index (χ1n) is 9.17. The van der Waals surface area contributed by atoms with Gasteiger partial charge in [0.15, 0.2) is 11.5 Å². The maximum atomic E-state index is 6.19. The summed E-state index contributed by atoms with van der Waals surface area (Å²) in [6, 6.07) is 10.6. The molecular formula is C21H19N3O3. The number of fused-ring (bicyclic) bond motifs is 5. The van der Waals surface area contributed by atoms with E-state index >= 15 is 0 Å². The molecule has 6 heteroatoms. The number of hydrogen-bond acceptors (Lipinski definition) is 5.